The van der Waals surface area contributed by atoms with Crippen LogP contribution >= 0.6 is 15.9 Å². The Kier molecular flexibility index (Phi) is 3.48. The Bertz CT molecular complexity index is 292. The van der Waals surface area contributed by atoms with Gasteiger partial charge in [-0.25, -0.2) is 0 Å². The smallest absolute Gasteiger partial charge is 0.303 e. The van der Waals surface area contributed by atoms with Gasteiger partial charge in [0.15, 0.2) is 0 Å². The number of rotatable bonds is 3. The van der Waals surface area contributed by atoms with E-state index in [1.54, 1.807) is 0 Å². The highest BCUT2D eigenvalue weighted by molar-refractivity contribution is 9.10. The lowest BCUT2D eigenvalue weighted by molar-refractivity contribution is -0.137. The van der Waals surface area contributed by atoms with Gasteiger partial charge >= 0.3 is 5.97 Å². The normalized spacial score (nSPS) is 12.5. The Morgan fingerprint density at radius 1 is 1.46 bits per heavy atom. The minimum absolute atomic E-state index is 0.0746. The van der Waals surface area contributed by atoms with E-state index in [-0.39, 0.29) is 12.3 Å². The fraction of sp³-hybridized carbons (Fsp3) is 0.300. The molecule has 0 spiro atoms. The second-order valence-electron chi connectivity index (χ2n) is 3.05. The lowest BCUT2D eigenvalue weighted by Gasteiger charge is -2.08. The van der Waals surface area contributed by atoms with Gasteiger partial charge in [0, 0.05) is 4.47 Å². The second kappa shape index (κ2) is 4.42. The maximum absolute atomic E-state index is 10.4. The van der Waals surface area contributed by atoms with E-state index in [1.807, 2.05) is 31.2 Å². The van der Waals surface area contributed by atoms with Crippen molar-refractivity contribution < 1.29 is 9.90 Å². The molecule has 1 rings (SSSR count). The van der Waals surface area contributed by atoms with E-state index < -0.39 is 5.97 Å². The van der Waals surface area contributed by atoms with Gasteiger partial charge in [-0.05, 0) is 23.6 Å². The van der Waals surface area contributed by atoms with Crippen LogP contribution in [0.15, 0.2) is 28.7 Å². The van der Waals surface area contributed by atoms with Gasteiger partial charge in [0.05, 0.1) is 6.42 Å². The van der Waals surface area contributed by atoms with Crippen LogP contribution in [0, 0.1) is 0 Å². The summed E-state index contributed by atoms with van der Waals surface area (Å²) >= 11 is 3.33. The van der Waals surface area contributed by atoms with Gasteiger partial charge in [0.1, 0.15) is 0 Å². The number of hydrogen-bond donors (Lipinski definition) is 1. The molecule has 0 aliphatic carbocycles. The Morgan fingerprint density at radius 3 is 2.46 bits per heavy atom. The molecule has 1 aromatic rings. The Balaban J connectivity index is 2.71. The summed E-state index contributed by atoms with van der Waals surface area (Å²) in [6, 6.07) is 7.73. The van der Waals surface area contributed by atoms with Crippen molar-refractivity contribution in [2.45, 2.75) is 19.3 Å². The van der Waals surface area contributed by atoms with E-state index in [0.717, 1.165) is 10.0 Å². The number of benzene rings is 1. The first-order chi connectivity index (χ1) is 6.09. The van der Waals surface area contributed by atoms with Gasteiger partial charge in [-0.15, -0.1) is 0 Å². The monoisotopic (exact) mass is 242 g/mol. The molecule has 0 amide bonds. The summed E-state index contributed by atoms with van der Waals surface area (Å²) < 4.78 is 1.01. The molecule has 13 heavy (non-hydrogen) atoms. The van der Waals surface area contributed by atoms with Crippen molar-refractivity contribution in [3.8, 4) is 0 Å². The number of hydrogen-bond acceptors (Lipinski definition) is 1. The summed E-state index contributed by atoms with van der Waals surface area (Å²) in [6.45, 7) is 1.91. The van der Waals surface area contributed by atoms with E-state index in [4.69, 9.17) is 5.11 Å². The maximum atomic E-state index is 10.4. The predicted molar refractivity (Wildman–Crippen MR) is 54.8 cm³/mol. The van der Waals surface area contributed by atoms with Crippen LogP contribution in [0.25, 0.3) is 0 Å². The van der Waals surface area contributed by atoms with Gasteiger partial charge in [-0.1, -0.05) is 35.0 Å². The van der Waals surface area contributed by atoms with Crippen LogP contribution in [-0.4, -0.2) is 11.1 Å². The molecule has 1 atom stereocenters. The van der Waals surface area contributed by atoms with Crippen LogP contribution in [0.5, 0.6) is 0 Å². The molecule has 2 nitrogen and oxygen atoms in total. The van der Waals surface area contributed by atoms with Crippen LogP contribution in [0.4, 0.5) is 0 Å². The van der Waals surface area contributed by atoms with Gasteiger partial charge < -0.3 is 5.11 Å². The first-order valence-corrected chi connectivity index (χ1v) is 4.86. The number of carboxylic acids is 1. The maximum Gasteiger partial charge on any atom is 0.303 e. The fourth-order valence-corrected chi connectivity index (χ4v) is 1.44. The third kappa shape index (κ3) is 3.19. The molecule has 0 aliphatic rings. The average molecular weight is 243 g/mol. The fourth-order valence-electron chi connectivity index (χ4n) is 1.17. The number of carboxylic acid groups (broad SMARTS) is 1. The highest BCUT2D eigenvalue weighted by Crippen LogP contribution is 2.20. The van der Waals surface area contributed by atoms with E-state index >= 15 is 0 Å². The van der Waals surface area contributed by atoms with Crippen LogP contribution in [0.2, 0.25) is 0 Å². The second-order valence-corrected chi connectivity index (χ2v) is 3.97. The highest BCUT2D eigenvalue weighted by atomic mass is 79.9. The Labute approximate surface area is 85.7 Å². The number of aliphatic carboxylic acids is 1. The van der Waals surface area contributed by atoms with Crippen LogP contribution in [0.3, 0.4) is 0 Å². The molecular weight excluding hydrogens is 232 g/mol. The van der Waals surface area contributed by atoms with E-state index in [9.17, 15) is 4.79 Å². The summed E-state index contributed by atoms with van der Waals surface area (Å²) in [7, 11) is 0. The lowest BCUT2D eigenvalue weighted by atomic mass is 9.98. The topological polar surface area (TPSA) is 37.3 Å². The summed E-state index contributed by atoms with van der Waals surface area (Å²) in [5.74, 6) is -0.680. The zero-order valence-corrected chi connectivity index (χ0v) is 8.91. The molecule has 0 unspecified atom stereocenters. The standard InChI is InChI=1S/C10H11BrO2/c1-7(6-10(12)13)8-2-4-9(11)5-3-8/h2-5,7H,6H2,1H3,(H,12,13)/t7-/m1/s1. The van der Waals surface area contributed by atoms with E-state index in [2.05, 4.69) is 15.9 Å². The Morgan fingerprint density at radius 2 is 2.00 bits per heavy atom. The SMILES string of the molecule is C[C@H](CC(=O)O)c1ccc(Br)cc1. The van der Waals surface area contributed by atoms with Crippen LogP contribution in [-0.2, 0) is 4.79 Å². The molecule has 3 heteroatoms. The summed E-state index contributed by atoms with van der Waals surface area (Å²) in [5.41, 5.74) is 1.06. The van der Waals surface area contributed by atoms with Gasteiger partial charge in [0.2, 0.25) is 0 Å². The number of carbonyl (C=O) groups is 1. The molecule has 0 saturated heterocycles. The molecule has 1 N–H and O–H groups in total. The van der Waals surface area contributed by atoms with E-state index in [1.165, 1.54) is 0 Å². The molecule has 0 heterocycles. The highest BCUT2D eigenvalue weighted by Gasteiger charge is 2.09. The minimum atomic E-state index is -0.754. The molecule has 0 aliphatic heterocycles. The van der Waals surface area contributed by atoms with Crippen molar-refractivity contribution in [3.63, 3.8) is 0 Å². The van der Waals surface area contributed by atoms with Crippen LogP contribution < -0.4 is 0 Å². The summed E-state index contributed by atoms with van der Waals surface area (Å²) in [4.78, 5) is 10.4. The van der Waals surface area contributed by atoms with Crippen molar-refractivity contribution in [2.75, 3.05) is 0 Å². The quantitative estimate of drug-likeness (QED) is 0.885. The van der Waals surface area contributed by atoms with Crippen molar-refractivity contribution in [1.29, 1.82) is 0 Å². The molecule has 0 radical (unpaired) electrons. The first-order valence-electron chi connectivity index (χ1n) is 4.07. The van der Waals surface area contributed by atoms with Crippen molar-refractivity contribution in [3.05, 3.63) is 34.3 Å². The van der Waals surface area contributed by atoms with Gasteiger partial charge in [0.25, 0.3) is 0 Å². The van der Waals surface area contributed by atoms with Gasteiger partial charge in [-0.3, -0.25) is 4.79 Å². The predicted octanol–water partition coefficient (Wildman–Crippen LogP) is 3.03. The molecule has 0 aromatic heterocycles. The zero-order valence-electron chi connectivity index (χ0n) is 7.33. The molecular formula is C10H11BrO2. The first kappa shape index (κ1) is 10.3. The summed E-state index contributed by atoms with van der Waals surface area (Å²) in [5, 5.41) is 8.59. The van der Waals surface area contributed by atoms with Crippen LogP contribution in [0.1, 0.15) is 24.8 Å². The van der Waals surface area contributed by atoms with E-state index in [0.29, 0.717) is 0 Å². The number of halogens is 1. The Hall–Kier alpha value is -0.830. The zero-order chi connectivity index (χ0) is 9.84. The third-order valence-electron chi connectivity index (χ3n) is 1.92. The molecule has 0 fully saturated rings. The molecule has 0 saturated carbocycles. The largest absolute Gasteiger partial charge is 0.481 e. The van der Waals surface area contributed by atoms with Crippen molar-refractivity contribution >= 4 is 21.9 Å². The molecule has 70 valence electrons. The summed E-state index contributed by atoms with van der Waals surface area (Å²) in [6.07, 6.45) is 0.182. The molecule has 1 aromatic carbocycles. The van der Waals surface area contributed by atoms with Gasteiger partial charge in [-0.2, -0.15) is 0 Å². The van der Waals surface area contributed by atoms with Crippen molar-refractivity contribution in [2.24, 2.45) is 0 Å². The van der Waals surface area contributed by atoms with Crippen molar-refractivity contribution in [1.82, 2.24) is 0 Å². The average Bonchev–Trinajstić information content (AvgIpc) is 2.04. The third-order valence-corrected chi connectivity index (χ3v) is 2.45. The lowest BCUT2D eigenvalue weighted by Crippen LogP contribution is -2.02. The molecule has 0 bridgehead atoms. The minimum Gasteiger partial charge on any atom is -0.481 e.